The van der Waals surface area contributed by atoms with Crippen molar-refractivity contribution in [3.8, 4) is 10.7 Å². The average molecular weight is 365 g/mol. The van der Waals surface area contributed by atoms with Gasteiger partial charge in [0, 0.05) is 10.7 Å². The van der Waals surface area contributed by atoms with Crippen molar-refractivity contribution in [2.75, 3.05) is 5.32 Å². The first-order valence-corrected chi connectivity index (χ1v) is 8.46. The molecule has 23 heavy (non-hydrogen) atoms. The number of anilines is 1. The van der Waals surface area contributed by atoms with Crippen LogP contribution in [0.15, 0.2) is 40.2 Å². The van der Waals surface area contributed by atoms with Crippen LogP contribution in [0.25, 0.3) is 10.7 Å². The second-order valence-corrected chi connectivity index (χ2v) is 6.52. The fourth-order valence-electron chi connectivity index (χ4n) is 1.83. The van der Waals surface area contributed by atoms with E-state index in [2.05, 4.69) is 20.8 Å². The van der Waals surface area contributed by atoms with Gasteiger partial charge in [-0.3, -0.25) is 0 Å². The van der Waals surface area contributed by atoms with Gasteiger partial charge in [0.15, 0.2) is 5.11 Å². The largest absolute Gasteiger partial charge is 0.353 e. The van der Waals surface area contributed by atoms with Crippen molar-refractivity contribution in [3.63, 3.8) is 0 Å². The van der Waals surface area contributed by atoms with E-state index in [9.17, 15) is 0 Å². The van der Waals surface area contributed by atoms with Crippen molar-refractivity contribution in [3.05, 3.63) is 52.2 Å². The van der Waals surface area contributed by atoms with E-state index in [0.717, 1.165) is 16.1 Å². The Kier molecular flexibility index (Phi) is 4.90. The lowest BCUT2D eigenvalue weighted by molar-refractivity contribution is 0.376. The summed E-state index contributed by atoms with van der Waals surface area (Å²) in [5.41, 5.74) is 1.84. The van der Waals surface area contributed by atoms with Gasteiger partial charge in [0.1, 0.15) is 0 Å². The highest BCUT2D eigenvalue weighted by Crippen LogP contribution is 2.21. The molecule has 0 radical (unpaired) electrons. The Balaban J connectivity index is 1.55. The molecule has 2 N–H and O–H groups in total. The standard InChI is InChI=1S/C15H13ClN4OS2/c1-9-4-5-10(7-11(9)16)18-15(22)17-8-13-19-14(20-21-13)12-3-2-6-23-12/h2-7H,8H2,1H3,(H2,17,18,22). The van der Waals surface area contributed by atoms with Gasteiger partial charge in [0.25, 0.3) is 0 Å². The Labute approximate surface area is 147 Å². The number of hydrogen-bond acceptors (Lipinski definition) is 5. The Bertz CT molecular complexity index is 817. The van der Waals surface area contributed by atoms with Gasteiger partial charge in [-0.1, -0.05) is 28.9 Å². The van der Waals surface area contributed by atoms with Crippen molar-refractivity contribution in [2.45, 2.75) is 13.5 Å². The SMILES string of the molecule is Cc1ccc(NC(=S)NCc2nc(-c3cccs3)no2)cc1Cl. The van der Waals surface area contributed by atoms with Gasteiger partial charge in [-0.2, -0.15) is 4.98 Å². The first kappa shape index (κ1) is 15.9. The smallest absolute Gasteiger partial charge is 0.246 e. The summed E-state index contributed by atoms with van der Waals surface area (Å²) < 4.78 is 5.20. The molecule has 0 amide bonds. The van der Waals surface area contributed by atoms with Gasteiger partial charge in [0.2, 0.25) is 11.7 Å². The van der Waals surface area contributed by atoms with E-state index in [0.29, 0.717) is 28.4 Å². The highest BCUT2D eigenvalue weighted by Gasteiger charge is 2.09. The number of hydrogen-bond donors (Lipinski definition) is 2. The third kappa shape index (κ3) is 4.07. The highest BCUT2D eigenvalue weighted by molar-refractivity contribution is 7.80. The number of halogens is 1. The van der Waals surface area contributed by atoms with Crippen LogP contribution < -0.4 is 10.6 Å². The summed E-state index contributed by atoms with van der Waals surface area (Å²) in [6.45, 7) is 2.30. The molecule has 3 rings (SSSR count). The van der Waals surface area contributed by atoms with Crippen molar-refractivity contribution < 1.29 is 4.52 Å². The van der Waals surface area contributed by atoms with Gasteiger partial charge in [0.05, 0.1) is 11.4 Å². The van der Waals surface area contributed by atoms with E-state index in [1.54, 1.807) is 11.3 Å². The summed E-state index contributed by atoms with van der Waals surface area (Å²) in [7, 11) is 0. The van der Waals surface area contributed by atoms with E-state index < -0.39 is 0 Å². The quantitative estimate of drug-likeness (QED) is 0.675. The predicted molar refractivity (Wildman–Crippen MR) is 96.9 cm³/mol. The van der Waals surface area contributed by atoms with Crippen molar-refractivity contribution in [1.82, 2.24) is 15.5 Å². The number of aromatic nitrogens is 2. The zero-order valence-corrected chi connectivity index (χ0v) is 14.6. The molecule has 118 valence electrons. The van der Waals surface area contributed by atoms with Crippen LogP contribution in [0.1, 0.15) is 11.5 Å². The van der Waals surface area contributed by atoms with E-state index in [1.165, 1.54) is 0 Å². The molecule has 0 unspecified atom stereocenters. The Morgan fingerprint density at radius 2 is 2.26 bits per heavy atom. The number of thiophene rings is 1. The summed E-state index contributed by atoms with van der Waals surface area (Å²) in [5.74, 6) is 1.06. The van der Waals surface area contributed by atoms with Crippen molar-refractivity contribution in [2.24, 2.45) is 0 Å². The van der Waals surface area contributed by atoms with Gasteiger partial charge in [-0.05, 0) is 48.3 Å². The van der Waals surface area contributed by atoms with Crippen LogP contribution in [0.4, 0.5) is 5.69 Å². The molecule has 8 heteroatoms. The maximum atomic E-state index is 6.09. The molecule has 2 heterocycles. The first-order chi connectivity index (χ1) is 11.1. The molecular weight excluding hydrogens is 352 g/mol. The number of rotatable bonds is 4. The normalized spacial score (nSPS) is 10.5. The van der Waals surface area contributed by atoms with Crippen molar-refractivity contribution in [1.29, 1.82) is 0 Å². The van der Waals surface area contributed by atoms with Crippen LogP contribution >= 0.6 is 35.2 Å². The van der Waals surface area contributed by atoms with Crippen LogP contribution in [-0.2, 0) is 6.54 Å². The summed E-state index contributed by atoms with van der Waals surface area (Å²) in [6.07, 6.45) is 0. The number of thiocarbonyl (C=S) groups is 1. The third-order valence-electron chi connectivity index (χ3n) is 3.04. The van der Waals surface area contributed by atoms with Crippen LogP contribution in [0, 0.1) is 6.92 Å². The fourth-order valence-corrected chi connectivity index (χ4v) is 2.85. The lowest BCUT2D eigenvalue weighted by Crippen LogP contribution is -2.28. The Morgan fingerprint density at radius 1 is 1.39 bits per heavy atom. The minimum absolute atomic E-state index is 0.351. The number of nitrogens with zero attached hydrogens (tertiary/aromatic N) is 2. The Hall–Kier alpha value is -1.96. The van der Waals surface area contributed by atoms with E-state index in [1.807, 2.05) is 42.6 Å². The van der Waals surface area contributed by atoms with Gasteiger partial charge in [-0.15, -0.1) is 11.3 Å². The highest BCUT2D eigenvalue weighted by atomic mass is 35.5. The average Bonchev–Trinajstić information content (AvgIpc) is 3.19. The second kappa shape index (κ2) is 7.08. The molecule has 0 saturated heterocycles. The molecule has 0 saturated carbocycles. The summed E-state index contributed by atoms with van der Waals surface area (Å²) in [6, 6.07) is 9.56. The molecule has 1 aromatic carbocycles. The molecular formula is C15H13ClN4OS2. The summed E-state index contributed by atoms with van der Waals surface area (Å²) in [5, 5.41) is 13.1. The van der Waals surface area contributed by atoms with Crippen LogP contribution in [-0.4, -0.2) is 15.3 Å². The van der Waals surface area contributed by atoms with E-state index in [-0.39, 0.29) is 0 Å². The zero-order valence-electron chi connectivity index (χ0n) is 12.2. The molecule has 3 aromatic rings. The van der Waals surface area contributed by atoms with E-state index in [4.69, 9.17) is 28.3 Å². The lowest BCUT2D eigenvalue weighted by Gasteiger charge is -2.09. The fraction of sp³-hybridized carbons (Fsp3) is 0.133. The molecule has 0 aliphatic heterocycles. The summed E-state index contributed by atoms with van der Waals surface area (Å²) >= 11 is 12.9. The zero-order chi connectivity index (χ0) is 16.2. The number of aryl methyl sites for hydroxylation is 1. The maximum Gasteiger partial charge on any atom is 0.246 e. The second-order valence-electron chi connectivity index (χ2n) is 4.76. The topological polar surface area (TPSA) is 63.0 Å². The molecule has 2 aromatic heterocycles. The maximum absolute atomic E-state index is 6.09. The molecule has 5 nitrogen and oxygen atoms in total. The predicted octanol–water partition coefficient (Wildman–Crippen LogP) is 4.25. The number of nitrogens with one attached hydrogen (secondary N) is 2. The van der Waals surface area contributed by atoms with Gasteiger partial charge < -0.3 is 15.2 Å². The molecule has 0 aliphatic rings. The van der Waals surface area contributed by atoms with Crippen LogP contribution in [0.5, 0.6) is 0 Å². The first-order valence-electron chi connectivity index (χ1n) is 6.79. The Morgan fingerprint density at radius 3 is 3.00 bits per heavy atom. The van der Waals surface area contributed by atoms with Crippen molar-refractivity contribution >= 4 is 46.0 Å². The molecule has 0 atom stereocenters. The van der Waals surface area contributed by atoms with Gasteiger partial charge in [-0.25, -0.2) is 0 Å². The molecule has 0 spiro atoms. The van der Waals surface area contributed by atoms with Crippen LogP contribution in [0.2, 0.25) is 5.02 Å². The van der Waals surface area contributed by atoms with Crippen LogP contribution in [0.3, 0.4) is 0 Å². The number of benzene rings is 1. The van der Waals surface area contributed by atoms with Gasteiger partial charge >= 0.3 is 0 Å². The lowest BCUT2D eigenvalue weighted by atomic mass is 10.2. The molecule has 0 aliphatic carbocycles. The monoisotopic (exact) mass is 364 g/mol. The van der Waals surface area contributed by atoms with E-state index >= 15 is 0 Å². The molecule has 0 fully saturated rings. The minimum Gasteiger partial charge on any atom is -0.353 e. The minimum atomic E-state index is 0.351. The summed E-state index contributed by atoms with van der Waals surface area (Å²) in [4.78, 5) is 5.29. The third-order valence-corrected chi connectivity index (χ3v) is 4.56. The molecule has 0 bridgehead atoms.